The molecule has 0 bridgehead atoms. The van der Waals surface area contributed by atoms with E-state index in [1.165, 1.54) is 6.07 Å². The van der Waals surface area contributed by atoms with Crippen LogP contribution in [0.2, 0.25) is 0 Å². The molecule has 0 radical (unpaired) electrons. The smallest absolute Gasteiger partial charge is 0.337 e. The lowest BCUT2D eigenvalue weighted by molar-refractivity contribution is 0.0698. The third-order valence-corrected chi connectivity index (χ3v) is 2.07. The standard InChI is InChI=1S/C8H7BrN2O2S/c9-4-1-2-6(11-8(10)14)5(3-4)7(12)13/h1-3H,(H,12,13)(H3,10,11,14). The van der Waals surface area contributed by atoms with Crippen LogP contribution in [0.3, 0.4) is 0 Å². The van der Waals surface area contributed by atoms with Crippen LogP contribution in [0.4, 0.5) is 5.69 Å². The van der Waals surface area contributed by atoms with Gasteiger partial charge in [-0.05, 0) is 30.4 Å². The Morgan fingerprint density at radius 3 is 2.71 bits per heavy atom. The van der Waals surface area contributed by atoms with Crippen LogP contribution in [0.5, 0.6) is 0 Å². The molecule has 0 aliphatic carbocycles. The summed E-state index contributed by atoms with van der Waals surface area (Å²) in [6, 6.07) is 4.77. The molecule has 0 fully saturated rings. The molecule has 4 N–H and O–H groups in total. The summed E-state index contributed by atoms with van der Waals surface area (Å²) in [4.78, 5) is 10.8. The van der Waals surface area contributed by atoms with E-state index in [1.807, 2.05) is 0 Å². The summed E-state index contributed by atoms with van der Waals surface area (Å²) in [6.45, 7) is 0. The van der Waals surface area contributed by atoms with Crippen molar-refractivity contribution >= 4 is 44.9 Å². The fourth-order valence-electron chi connectivity index (χ4n) is 0.935. The molecule has 0 amide bonds. The Morgan fingerprint density at radius 1 is 1.57 bits per heavy atom. The molecule has 0 aliphatic rings. The molecule has 6 heteroatoms. The van der Waals surface area contributed by atoms with E-state index < -0.39 is 5.97 Å². The van der Waals surface area contributed by atoms with Crippen LogP contribution in [0.15, 0.2) is 22.7 Å². The van der Waals surface area contributed by atoms with Crippen LogP contribution in [-0.4, -0.2) is 16.2 Å². The number of aromatic carboxylic acids is 1. The van der Waals surface area contributed by atoms with Crippen molar-refractivity contribution in [2.24, 2.45) is 5.73 Å². The van der Waals surface area contributed by atoms with Crippen molar-refractivity contribution in [3.05, 3.63) is 28.2 Å². The number of rotatable bonds is 2. The molecular weight excluding hydrogens is 268 g/mol. The zero-order valence-corrected chi connectivity index (χ0v) is 9.35. The Balaban J connectivity index is 3.14. The van der Waals surface area contributed by atoms with Crippen molar-refractivity contribution in [2.75, 3.05) is 5.32 Å². The molecule has 0 aromatic heterocycles. The minimum Gasteiger partial charge on any atom is -0.478 e. The molecule has 1 aromatic carbocycles. The molecule has 0 saturated carbocycles. The average molecular weight is 275 g/mol. The lowest BCUT2D eigenvalue weighted by Gasteiger charge is -2.07. The summed E-state index contributed by atoms with van der Waals surface area (Å²) in [5.74, 6) is -1.04. The van der Waals surface area contributed by atoms with E-state index in [0.717, 1.165) is 0 Å². The molecule has 0 atom stereocenters. The first kappa shape index (κ1) is 10.9. The van der Waals surface area contributed by atoms with E-state index >= 15 is 0 Å². The highest BCUT2D eigenvalue weighted by Crippen LogP contribution is 2.20. The van der Waals surface area contributed by atoms with Crippen LogP contribution >= 0.6 is 28.1 Å². The zero-order chi connectivity index (χ0) is 10.7. The number of halogens is 1. The first-order chi connectivity index (χ1) is 6.50. The Hall–Kier alpha value is -1.14. The molecule has 4 nitrogen and oxygen atoms in total. The molecule has 1 rings (SSSR count). The average Bonchev–Trinajstić information content (AvgIpc) is 2.07. The molecule has 74 valence electrons. The van der Waals surface area contributed by atoms with E-state index in [4.69, 9.17) is 10.8 Å². The lowest BCUT2D eigenvalue weighted by Crippen LogP contribution is -2.20. The summed E-state index contributed by atoms with van der Waals surface area (Å²) in [5.41, 5.74) is 5.75. The second kappa shape index (κ2) is 4.39. The SMILES string of the molecule is NC(=S)Nc1ccc(Br)cc1C(=O)O. The molecule has 0 heterocycles. The summed E-state index contributed by atoms with van der Waals surface area (Å²) < 4.78 is 0.684. The van der Waals surface area contributed by atoms with Gasteiger partial charge in [-0.3, -0.25) is 0 Å². The number of carbonyl (C=O) groups is 1. The lowest BCUT2D eigenvalue weighted by atomic mass is 10.2. The number of carboxylic acids is 1. The van der Waals surface area contributed by atoms with Gasteiger partial charge >= 0.3 is 5.97 Å². The van der Waals surface area contributed by atoms with E-state index in [1.54, 1.807) is 12.1 Å². The molecular formula is C8H7BrN2O2S. The van der Waals surface area contributed by atoms with E-state index in [0.29, 0.717) is 10.2 Å². The first-order valence-electron chi connectivity index (χ1n) is 3.60. The highest BCUT2D eigenvalue weighted by atomic mass is 79.9. The minimum atomic E-state index is -1.04. The number of nitrogens with one attached hydrogen (secondary N) is 1. The fourth-order valence-corrected chi connectivity index (χ4v) is 1.41. The van der Waals surface area contributed by atoms with Crippen LogP contribution < -0.4 is 11.1 Å². The quantitative estimate of drug-likeness (QED) is 0.718. The molecule has 0 saturated heterocycles. The van der Waals surface area contributed by atoms with Gasteiger partial charge in [-0.15, -0.1) is 0 Å². The van der Waals surface area contributed by atoms with Gasteiger partial charge in [0.1, 0.15) is 0 Å². The molecule has 0 unspecified atom stereocenters. The van der Waals surface area contributed by atoms with Gasteiger partial charge in [-0.1, -0.05) is 15.9 Å². The third-order valence-electron chi connectivity index (χ3n) is 1.47. The normalized spacial score (nSPS) is 9.50. The van der Waals surface area contributed by atoms with Crippen molar-refractivity contribution in [2.45, 2.75) is 0 Å². The van der Waals surface area contributed by atoms with Gasteiger partial charge in [0.15, 0.2) is 5.11 Å². The van der Waals surface area contributed by atoms with Crippen LogP contribution in [0.1, 0.15) is 10.4 Å². The van der Waals surface area contributed by atoms with E-state index in [9.17, 15) is 4.79 Å². The zero-order valence-electron chi connectivity index (χ0n) is 6.95. The number of nitrogens with two attached hydrogens (primary N) is 1. The summed E-state index contributed by atoms with van der Waals surface area (Å²) >= 11 is 7.79. The van der Waals surface area contributed by atoms with Gasteiger partial charge in [-0.2, -0.15) is 0 Å². The van der Waals surface area contributed by atoms with Crippen molar-refractivity contribution in [1.82, 2.24) is 0 Å². The van der Waals surface area contributed by atoms with Gasteiger partial charge < -0.3 is 16.2 Å². The predicted molar refractivity (Wildman–Crippen MR) is 61.5 cm³/mol. The van der Waals surface area contributed by atoms with Crippen molar-refractivity contribution < 1.29 is 9.90 Å². The minimum absolute atomic E-state index is 0.0369. The maximum atomic E-state index is 10.8. The van der Waals surface area contributed by atoms with Gasteiger partial charge in [0.25, 0.3) is 0 Å². The second-order valence-corrected chi connectivity index (χ2v) is 3.84. The Bertz CT molecular complexity index is 395. The van der Waals surface area contributed by atoms with Crippen LogP contribution in [0, 0.1) is 0 Å². The highest BCUT2D eigenvalue weighted by Gasteiger charge is 2.10. The molecule has 0 spiro atoms. The van der Waals surface area contributed by atoms with Crippen molar-refractivity contribution in [1.29, 1.82) is 0 Å². The van der Waals surface area contributed by atoms with Crippen LogP contribution in [-0.2, 0) is 0 Å². The predicted octanol–water partition coefficient (Wildman–Crippen LogP) is 1.80. The van der Waals surface area contributed by atoms with Crippen molar-refractivity contribution in [3.63, 3.8) is 0 Å². The fraction of sp³-hybridized carbons (Fsp3) is 0. The summed E-state index contributed by atoms with van der Waals surface area (Å²) in [7, 11) is 0. The van der Waals surface area contributed by atoms with E-state index in [2.05, 4.69) is 33.5 Å². The topological polar surface area (TPSA) is 75.3 Å². The molecule has 0 aliphatic heterocycles. The van der Waals surface area contributed by atoms with Crippen molar-refractivity contribution in [3.8, 4) is 0 Å². The third kappa shape index (κ3) is 2.68. The Morgan fingerprint density at radius 2 is 2.21 bits per heavy atom. The van der Waals surface area contributed by atoms with Gasteiger partial charge in [-0.25, -0.2) is 4.79 Å². The number of anilines is 1. The number of hydrogen-bond donors (Lipinski definition) is 3. The maximum absolute atomic E-state index is 10.8. The van der Waals surface area contributed by atoms with E-state index in [-0.39, 0.29) is 10.7 Å². The number of hydrogen-bond acceptors (Lipinski definition) is 2. The number of thiocarbonyl (C=S) groups is 1. The van der Waals surface area contributed by atoms with Gasteiger partial charge in [0, 0.05) is 4.47 Å². The Labute approximate surface area is 94.2 Å². The van der Waals surface area contributed by atoms with Crippen LogP contribution in [0.25, 0.3) is 0 Å². The first-order valence-corrected chi connectivity index (χ1v) is 4.80. The largest absolute Gasteiger partial charge is 0.478 e. The molecule has 1 aromatic rings. The second-order valence-electron chi connectivity index (χ2n) is 2.48. The Kier molecular flexibility index (Phi) is 3.43. The summed E-state index contributed by atoms with van der Waals surface area (Å²) in [6.07, 6.45) is 0. The summed E-state index contributed by atoms with van der Waals surface area (Å²) in [5, 5.41) is 11.5. The van der Waals surface area contributed by atoms with Gasteiger partial charge in [0.2, 0.25) is 0 Å². The van der Waals surface area contributed by atoms with Gasteiger partial charge in [0.05, 0.1) is 11.3 Å². The highest BCUT2D eigenvalue weighted by molar-refractivity contribution is 9.10. The number of carboxylic acid groups (broad SMARTS) is 1. The monoisotopic (exact) mass is 274 g/mol. The molecule has 14 heavy (non-hydrogen) atoms. The maximum Gasteiger partial charge on any atom is 0.337 e. The number of benzene rings is 1.